The number of rotatable bonds is 4. The molecule has 1 saturated heterocycles. The number of carbonyl (C=O) groups is 1. The monoisotopic (exact) mass is 261 g/mol. The zero-order chi connectivity index (χ0) is 13.8. The van der Waals surface area contributed by atoms with Crippen LogP contribution in [-0.2, 0) is 0 Å². The molecule has 0 spiro atoms. The molecule has 0 radical (unpaired) electrons. The molecule has 2 rings (SSSR count). The Morgan fingerprint density at radius 3 is 2.89 bits per heavy atom. The van der Waals surface area contributed by atoms with Crippen molar-refractivity contribution >= 4 is 11.6 Å². The van der Waals surface area contributed by atoms with Crippen LogP contribution in [0.2, 0.25) is 0 Å². The van der Waals surface area contributed by atoms with Gasteiger partial charge in [0.05, 0.1) is 0 Å². The van der Waals surface area contributed by atoms with E-state index in [0.29, 0.717) is 6.04 Å². The summed E-state index contributed by atoms with van der Waals surface area (Å²) in [6, 6.07) is 8.20. The maximum atomic E-state index is 12.1. The lowest BCUT2D eigenvalue weighted by Crippen LogP contribution is -2.38. The van der Waals surface area contributed by atoms with Gasteiger partial charge < -0.3 is 15.1 Å². The quantitative estimate of drug-likeness (QED) is 0.894. The topological polar surface area (TPSA) is 35.6 Å². The van der Waals surface area contributed by atoms with Crippen molar-refractivity contribution in [1.82, 2.24) is 10.2 Å². The van der Waals surface area contributed by atoms with Gasteiger partial charge in [-0.05, 0) is 44.6 Å². The summed E-state index contributed by atoms with van der Waals surface area (Å²) in [5, 5.41) is 3.04. The Morgan fingerprint density at radius 1 is 1.47 bits per heavy atom. The maximum Gasteiger partial charge on any atom is 0.251 e. The van der Waals surface area contributed by atoms with E-state index in [0.717, 1.165) is 24.3 Å². The summed E-state index contributed by atoms with van der Waals surface area (Å²) < 4.78 is 0. The Kier molecular flexibility index (Phi) is 4.43. The molecule has 1 aliphatic rings. The van der Waals surface area contributed by atoms with Crippen LogP contribution in [-0.4, -0.2) is 51.1 Å². The van der Waals surface area contributed by atoms with Crippen molar-refractivity contribution in [2.24, 2.45) is 0 Å². The molecule has 104 valence electrons. The van der Waals surface area contributed by atoms with Crippen molar-refractivity contribution in [1.29, 1.82) is 0 Å². The molecule has 19 heavy (non-hydrogen) atoms. The second-order valence-electron chi connectivity index (χ2n) is 5.43. The number of benzene rings is 1. The number of amides is 1. The predicted molar refractivity (Wildman–Crippen MR) is 78.8 cm³/mol. The van der Waals surface area contributed by atoms with Crippen LogP contribution < -0.4 is 10.2 Å². The number of anilines is 1. The van der Waals surface area contributed by atoms with Crippen LogP contribution in [0, 0.1) is 0 Å². The molecular formula is C15H23N3O. The van der Waals surface area contributed by atoms with Gasteiger partial charge in [0.25, 0.3) is 5.91 Å². The number of likely N-dealkylation sites (tertiary alicyclic amines) is 1. The first-order valence-electron chi connectivity index (χ1n) is 6.84. The van der Waals surface area contributed by atoms with Crippen LogP contribution >= 0.6 is 0 Å². The van der Waals surface area contributed by atoms with Crippen LogP contribution in [0.5, 0.6) is 0 Å². The molecule has 0 bridgehead atoms. The van der Waals surface area contributed by atoms with Crippen molar-refractivity contribution < 1.29 is 4.79 Å². The van der Waals surface area contributed by atoms with Crippen LogP contribution in [0.25, 0.3) is 0 Å². The molecule has 1 amide bonds. The molecule has 0 aliphatic carbocycles. The Hall–Kier alpha value is -1.55. The largest absolute Gasteiger partial charge is 0.378 e. The van der Waals surface area contributed by atoms with Gasteiger partial charge in [0.1, 0.15) is 0 Å². The highest BCUT2D eigenvalue weighted by molar-refractivity contribution is 5.95. The van der Waals surface area contributed by atoms with Crippen molar-refractivity contribution in [3.63, 3.8) is 0 Å². The molecular weight excluding hydrogens is 238 g/mol. The van der Waals surface area contributed by atoms with E-state index in [1.165, 1.54) is 12.8 Å². The lowest BCUT2D eigenvalue weighted by atomic mass is 10.1. The summed E-state index contributed by atoms with van der Waals surface area (Å²) in [6.07, 6.45) is 2.40. The molecule has 1 heterocycles. The smallest absolute Gasteiger partial charge is 0.251 e. The fraction of sp³-hybridized carbons (Fsp3) is 0.533. The van der Waals surface area contributed by atoms with Gasteiger partial charge in [0.15, 0.2) is 0 Å². The molecule has 1 fully saturated rings. The summed E-state index contributed by atoms with van der Waals surface area (Å²) in [5.41, 5.74) is 1.78. The number of nitrogens with zero attached hydrogens (tertiary/aromatic N) is 2. The summed E-state index contributed by atoms with van der Waals surface area (Å²) in [6.45, 7) is 1.87. The predicted octanol–water partition coefficient (Wildman–Crippen LogP) is 1.58. The van der Waals surface area contributed by atoms with E-state index < -0.39 is 0 Å². The van der Waals surface area contributed by atoms with E-state index in [-0.39, 0.29) is 5.91 Å². The van der Waals surface area contributed by atoms with Crippen LogP contribution in [0.4, 0.5) is 5.69 Å². The second-order valence-corrected chi connectivity index (χ2v) is 5.43. The third-order valence-electron chi connectivity index (χ3n) is 3.79. The third kappa shape index (κ3) is 3.47. The summed E-state index contributed by atoms with van der Waals surface area (Å²) in [4.78, 5) is 16.5. The maximum absolute atomic E-state index is 12.1. The minimum atomic E-state index is 0.0176. The van der Waals surface area contributed by atoms with E-state index in [4.69, 9.17) is 0 Å². The van der Waals surface area contributed by atoms with Gasteiger partial charge in [-0.25, -0.2) is 0 Å². The van der Waals surface area contributed by atoms with Gasteiger partial charge in [0.2, 0.25) is 0 Å². The lowest BCUT2D eigenvalue weighted by molar-refractivity contribution is 0.0943. The van der Waals surface area contributed by atoms with E-state index in [1.54, 1.807) is 0 Å². The third-order valence-corrected chi connectivity index (χ3v) is 3.79. The standard InChI is InChI=1S/C15H23N3O/c1-17(2)13-7-4-6-12(10-13)15(19)16-11-14-8-5-9-18(14)3/h4,6-7,10,14H,5,8-9,11H2,1-3H3,(H,16,19)/t14-/m0/s1. The van der Waals surface area contributed by atoms with Gasteiger partial charge >= 0.3 is 0 Å². The minimum Gasteiger partial charge on any atom is -0.378 e. The average molecular weight is 261 g/mol. The van der Waals surface area contributed by atoms with Crippen LogP contribution in [0.15, 0.2) is 24.3 Å². The Balaban J connectivity index is 1.94. The molecule has 0 saturated carbocycles. The minimum absolute atomic E-state index is 0.0176. The fourth-order valence-corrected chi connectivity index (χ4v) is 2.48. The highest BCUT2D eigenvalue weighted by Crippen LogP contribution is 2.15. The zero-order valence-electron chi connectivity index (χ0n) is 12.0. The van der Waals surface area contributed by atoms with Crippen molar-refractivity contribution in [3.05, 3.63) is 29.8 Å². The first kappa shape index (κ1) is 13.9. The Bertz CT molecular complexity index is 445. The number of likely N-dealkylation sites (N-methyl/N-ethyl adjacent to an activating group) is 1. The van der Waals surface area contributed by atoms with Crippen molar-refractivity contribution in [3.8, 4) is 0 Å². The van der Waals surface area contributed by atoms with E-state index in [1.807, 2.05) is 43.3 Å². The van der Waals surface area contributed by atoms with E-state index in [2.05, 4.69) is 17.3 Å². The highest BCUT2D eigenvalue weighted by Gasteiger charge is 2.21. The zero-order valence-corrected chi connectivity index (χ0v) is 12.0. The second kappa shape index (κ2) is 6.06. The lowest BCUT2D eigenvalue weighted by Gasteiger charge is -2.20. The first-order valence-corrected chi connectivity index (χ1v) is 6.84. The summed E-state index contributed by atoms with van der Waals surface area (Å²) in [7, 11) is 6.07. The van der Waals surface area contributed by atoms with Gasteiger partial charge in [-0.15, -0.1) is 0 Å². The van der Waals surface area contributed by atoms with Crippen LogP contribution in [0.3, 0.4) is 0 Å². The highest BCUT2D eigenvalue weighted by atomic mass is 16.1. The van der Waals surface area contributed by atoms with Crippen molar-refractivity contribution in [2.75, 3.05) is 39.1 Å². The molecule has 1 aromatic rings. The molecule has 4 nitrogen and oxygen atoms in total. The molecule has 1 atom stereocenters. The van der Waals surface area contributed by atoms with Gasteiger partial charge in [-0.1, -0.05) is 6.07 Å². The molecule has 1 aliphatic heterocycles. The first-order chi connectivity index (χ1) is 9.08. The Morgan fingerprint density at radius 2 is 2.26 bits per heavy atom. The Labute approximate surface area is 115 Å². The van der Waals surface area contributed by atoms with E-state index >= 15 is 0 Å². The fourth-order valence-electron chi connectivity index (χ4n) is 2.48. The van der Waals surface area contributed by atoms with Gasteiger partial charge in [-0.2, -0.15) is 0 Å². The molecule has 0 unspecified atom stereocenters. The SMILES string of the molecule is CN(C)c1cccc(C(=O)NC[C@@H]2CCCN2C)c1. The normalized spacial score (nSPS) is 19.4. The average Bonchev–Trinajstić information content (AvgIpc) is 2.81. The summed E-state index contributed by atoms with van der Waals surface area (Å²) >= 11 is 0. The molecule has 1 aromatic carbocycles. The molecule has 4 heteroatoms. The van der Waals surface area contributed by atoms with Crippen LogP contribution in [0.1, 0.15) is 23.2 Å². The number of hydrogen-bond donors (Lipinski definition) is 1. The molecule has 0 aromatic heterocycles. The number of hydrogen-bond acceptors (Lipinski definition) is 3. The molecule has 1 N–H and O–H groups in total. The van der Waals surface area contributed by atoms with Gasteiger partial charge in [-0.3, -0.25) is 4.79 Å². The summed E-state index contributed by atoms with van der Waals surface area (Å²) in [5.74, 6) is 0.0176. The van der Waals surface area contributed by atoms with Gasteiger partial charge in [0, 0.05) is 37.9 Å². The number of nitrogens with one attached hydrogen (secondary N) is 1. The van der Waals surface area contributed by atoms with Crippen molar-refractivity contribution in [2.45, 2.75) is 18.9 Å². The van der Waals surface area contributed by atoms with E-state index in [9.17, 15) is 4.79 Å². The number of carbonyl (C=O) groups excluding carboxylic acids is 1.